The summed E-state index contributed by atoms with van der Waals surface area (Å²) in [6.45, 7) is 4.68. The Hall–Kier alpha value is -3.49. The number of para-hydroxylation sites is 2. The molecule has 1 aliphatic heterocycles. The van der Waals surface area contributed by atoms with E-state index in [9.17, 15) is 9.59 Å². The summed E-state index contributed by atoms with van der Waals surface area (Å²) in [5.41, 5.74) is 1.63. The average molecular weight is 526 g/mol. The number of fused-ring (bicyclic) bond motifs is 1. The Bertz CT molecular complexity index is 1230. The third kappa shape index (κ3) is 6.01. The number of thiophene rings is 1. The molecular formula is C27H28ClN3O4S. The molecule has 1 aromatic heterocycles. The van der Waals surface area contributed by atoms with Gasteiger partial charge in [0.2, 0.25) is 5.91 Å². The number of hydrogen-bond acceptors (Lipinski definition) is 5. The molecule has 1 atom stereocenters. The van der Waals surface area contributed by atoms with Crippen molar-refractivity contribution < 1.29 is 19.1 Å². The SMILES string of the molecule is C=CCN(CC(=O)N1CCc2sccc2C1COc1ccccc1OC)C(=O)Nc1cccc(Cl)c1. The fraction of sp³-hybridized carbons (Fsp3) is 0.259. The van der Waals surface area contributed by atoms with Gasteiger partial charge in [0.05, 0.1) is 13.2 Å². The molecule has 188 valence electrons. The number of hydrogen-bond donors (Lipinski definition) is 1. The number of benzene rings is 2. The molecule has 0 saturated heterocycles. The minimum absolute atomic E-state index is 0.0942. The lowest BCUT2D eigenvalue weighted by molar-refractivity contribution is -0.135. The van der Waals surface area contributed by atoms with E-state index in [1.54, 1.807) is 53.7 Å². The van der Waals surface area contributed by atoms with E-state index in [1.807, 2.05) is 35.7 Å². The Labute approximate surface area is 219 Å². The van der Waals surface area contributed by atoms with E-state index >= 15 is 0 Å². The molecule has 0 aliphatic carbocycles. The molecule has 1 aliphatic rings. The molecule has 3 aromatic rings. The first kappa shape index (κ1) is 25.6. The Balaban J connectivity index is 1.50. The molecule has 0 fully saturated rings. The van der Waals surface area contributed by atoms with Crippen LogP contribution in [0, 0.1) is 0 Å². The third-order valence-electron chi connectivity index (χ3n) is 5.92. The van der Waals surface area contributed by atoms with E-state index in [-0.39, 0.29) is 31.6 Å². The van der Waals surface area contributed by atoms with Crippen LogP contribution in [0.1, 0.15) is 16.5 Å². The van der Waals surface area contributed by atoms with Crippen molar-refractivity contribution >= 4 is 40.6 Å². The summed E-state index contributed by atoms with van der Waals surface area (Å²) in [6.07, 6.45) is 2.36. The van der Waals surface area contributed by atoms with Crippen molar-refractivity contribution in [2.45, 2.75) is 12.5 Å². The van der Waals surface area contributed by atoms with Gasteiger partial charge in [-0.15, -0.1) is 17.9 Å². The highest BCUT2D eigenvalue weighted by molar-refractivity contribution is 7.10. The second-order valence-electron chi connectivity index (χ2n) is 8.22. The highest BCUT2D eigenvalue weighted by Crippen LogP contribution is 2.35. The number of nitrogens with one attached hydrogen (secondary N) is 1. The number of ether oxygens (including phenoxy) is 2. The van der Waals surface area contributed by atoms with E-state index < -0.39 is 6.03 Å². The molecule has 4 rings (SSSR count). The normalized spacial score (nSPS) is 14.5. The lowest BCUT2D eigenvalue weighted by Gasteiger charge is -2.37. The van der Waals surface area contributed by atoms with Crippen molar-refractivity contribution in [3.63, 3.8) is 0 Å². The number of anilines is 1. The molecule has 3 amide bonds. The third-order valence-corrected chi connectivity index (χ3v) is 7.15. The molecule has 7 nitrogen and oxygen atoms in total. The van der Waals surface area contributed by atoms with Crippen LogP contribution in [0.5, 0.6) is 11.5 Å². The lowest BCUT2D eigenvalue weighted by atomic mass is 10.0. The fourth-order valence-electron chi connectivity index (χ4n) is 4.18. The zero-order valence-electron chi connectivity index (χ0n) is 20.0. The molecular weight excluding hydrogens is 498 g/mol. The highest BCUT2D eigenvalue weighted by Gasteiger charge is 2.33. The van der Waals surface area contributed by atoms with Crippen LogP contribution >= 0.6 is 22.9 Å². The van der Waals surface area contributed by atoms with Crippen LogP contribution < -0.4 is 14.8 Å². The maximum atomic E-state index is 13.5. The Morgan fingerprint density at radius 2 is 2.03 bits per heavy atom. The van der Waals surface area contributed by atoms with Gasteiger partial charge in [-0.25, -0.2) is 4.79 Å². The van der Waals surface area contributed by atoms with Crippen LogP contribution in [-0.4, -0.2) is 55.1 Å². The predicted octanol–water partition coefficient (Wildman–Crippen LogP) is 5.64. The largest absolute Gasteiger partial charge is 0.493 e. The van der Waals surface area contributed by atoms with Crippen molar-refractivity contribution in [2.75, 3.05) is 38.7 Å². The van der Waals surface area contributed by atoms with Crippen molar-refractivity contribution in [1.29, 1.82) is 0 Å². The van der Waals surface area contributed by atoms with Gasteiger partial charge in [-0.2, -0.15) is 0 Å². The monoisotopic (exact) mass is 525 g/mol. The summed E-state index contributed by atoms with van der Waals surface area (Å²) in [7, 11) is 1.60. The van der Waals surface area contributed by atoms with Gasteiger partial charge >= 0.3 is 6.03 Å². The number of methoxy groups -OCH3 is 1. The smallest absolute Gasteiger partial charge is 0.322 e. The highest BCUT2D eigenvalue weighted by atomic mass is 35.5. The fourth-order valence-corrected chi connectivity index (χ4v) is 5.30. The number of nitrogens with zero attached hydrogens (tertiary/aromatic N) is 2. The van der Waals surface area contributed by atoms with Crippen LogP contribution in [0.2, 0.25) is 5.02 Å². The summed E-state index contributed by atoms with van der Waals surface area (Å²) in [4.78, 5) is 31.0. The number of carbonyl (C=O) groups is 2. The van der Waals surface area contributed by atoms with E-state index in [1.165, 1.54) is 9.78 Å². The lowest BCUT2D eigenvalue weighted by Crippen LogP contribution is -2.48. The topological polar surface area (TPSA) is 71.1 Å². The number of carbonyl (C=O) groups excluding carboxylic acids is 2. The molecule has 1 N–H and O–H groups in total. The predicted molar refractivity (Wildman–Crippen MR) is 143 cm³/mol. The Morgan fingerprint density at radius 3 is 2.78 bits per heavy atom. The molecule has 1 unspecified atom stereocenters. The summed E-state index contributed by atoms with van der Waals surface area (Å²) in [6, 6.07) is 15.7. The molecule has 2 heterocycles. The first-order valence-electron chi connectivity index (χ1n) is 11.5. The first-order valence-corrected chi connectivity index (χ1v) is 12.8. The Kier molecular flexibility index (Phi) is 8.51. The van der Waals surface area contributed by atoms with Crippen LogP contribution in [0.15, 0.2) is 72.6 Å². The molecule has 0 saturated carbocycles. The van der Waals surface area contributed by atoms with Gasteiger partial charge in [-0.05, 0) is 53.8 Å². The van der Waals surface area contributed by atoms with Crippen molar-refractivity contribution in [1.82, 2.24) is 9.80 Å². The first-order chi connectivity index (χ1) is 17.5. The van der Waals surface area contributed by atoms with Gasteiger partial charge in [-0.3, -0.25) is 4.79 Å². The van der Waals surface area contributed by atoms with Gasteiger partial charge in [0.1, 0.15) is 13.2 Å². The zero-order chi connectivity index (χ0) is 25.5. The van der Waals surface area contributed by atoms with Gasteiger partial charge in [0.15, 0.2) is 11.5 Å². The minimum Gasteiger partial charge on any atom is -0.493 e. The van der Waals surface area contributed by atoms with Crippen LogP contribution in [-0.2, 0) is 11.2 Å². The van der Waals surface area contributed by atoms with Gasteiger partial charge in [-0.1, -0.05) is 35.9 Å². The molecule has 0 spiro atoms. The molecule has 9 heteroatoms. The summed E-state index contributed by atoms with van der Waals surface area (Å²) < 4.78 is 11.5. The number of amides is 3. The van der Waals surface area contributed by atoms with Gasteiger partial charge < -0.3 is 24.6 Å². The second kappa shape index (κ2) is 12.0. The molecule has 0 radical (unpaired) electrons. The zero-order valence-corrected chi connectivity index (χ0v) is 21.6. The summed E-state index contributed by atoms with van der Waals surface area (Å²) in [5, 5.41) is 5.36. The van der Waals surface area contributed by atoms with E-state index in [2.05, 4.69) is 11.9 Å². The van der Waals surface area contributed by atoms with Crippen LogP contribution in [0.25, 0.3) is 0 Å². The molecule has 0 bridgehead atoms. The van der Waals surface area contributed by atoms with Crippen molar-refractivity contribution in [3.8, 4) is 11.5 Å². The van der Waals surface area contributed by atoms with Gasteiger partial charge in [0.25, 0.3) is 0 Å². The maximum absolute atomic E-state index is 13.5. The molecule has 36 heavy (non-hydrogen) atoms. The number of halogens is 1. The number of rotatable bonds is 9. The second-order valence-corrected chi connectivity index (χ2v) is 9.66. The Morgan fingerprint density at radius 1 is 1.22 bits per heavy atom. The maximum Gasteiger partial charge on any atom is 0.322 e. The van der Waals surface area contributed by atoms with E-state index in [0.29, 0.717) is 28.8 Å². The molecule has 2 aromatic carbocycles. The number of urea groups is 1. The van der Waals surface area contributed by atoms with Crippen LogP contribution in [0.4, 0.5) is 10.5 Å². The van der Waals surface area contributed by atoms with Crippen LogP contribution in [0.3, 0.4) is 0 Å². The van der Waals surface area contributed by atoms with Crippen molar-refractivity contribution in [3.05, 3.63) is 88.1 Å². The van der Waals surface area contributed by atoms with Crippen molar-refractivity contribution in [2.24, 2.45) is 0 Å². The summed E-state index contributed by atoms with van der Waals surface area (Å²) in [5.74, 6) is 1.08. The minimum atomic E-state index is -0.402. The summed E-state index contributed by atoms with van der Waals surface area (Å²) >= 11 is 7.72. The van der Waals surface area contributed by atoms with E-state index in [0.717, 1.165) is 12.0 Å². The van der Waals surface area contributed by atoms with Gasteiger partial charge in [0, 0.05) is 28.7 Å². The van der Waals surface area contributed by atoms with E-state index in [4.69, 9.17) is 21.1 Å². The average Bonchev–Trinajstić information content (AvgIpc) is 3.36. The standard InChI is InChI=1S/C27H28ClN3O4S/c1-3-13-30(27(33)29-20-8-6-7-19(28)16-20)17-26(32)31-14-11-25-21(12-15-36-25)22(31)18-35-24-10-5-4-9-23(24)34-2/h3-10,12,15-16,22H,1,11,13-14,17-18H2,2H3,(H,29,33). The quantitative estimate of drug-likeness (QED) is 0.367.